The molecule has 0 saturated carbocycles. The molecule has 0 spiro atoms. The van der Waals surface area contributed by atoms with Gasteiger partial charge >= 0.3 is 12.9 Å². The van der Waals surface area contributed by atoms with Crippen LogP contribution in [0.5, 0.6) is 0 Å². The summed E-state index contributed by atoms with van der Waals surface area (Å²) in [4.78, 5) is 10.6. The Bertz CT molecular complexity index is 157. The van der Waals surface area contributed by atoms with Gasteiger partial charge in [0.1, 0.15) is 0 Å². The molecule has 0 aromatic heterocycles. The first-order chi connectivity index (χ1) is 5.38. The van der Waals surface area contributed by atoms with Crippen LogP contribution in [0.25, 0.3) is 0 Å². The predicted octanol–water partition coefficient (Wildman–Crippen LogP) is 2.18. The van der Waals surface area contributed by atoms with Gasteiger partial charge in [-0.3, -0.25) is 4.79 Å². The smallest absolute Gasteiger partial charge is 0.466 e. The van der Waals surface area contributed by atoms with E-state index in [1.807, 2.05) is 0 Å². The average Bonchev–Trinajstić information content (AvgIpc) is 1.85. The number of hydrogen-bond donors (Lipinski definition) is 0. The lowest BCUT2D eigenvalue weighted by atomic mass is 9.72. The second-order valence-electron chi connectivity index (χ2n) is 2.61. The molecule has 1 atom stereocenters. The number of ether oxygens (including phenoxy) is 1. The van der Waals surface area contributed by atoms with Crippen molar-refractivity contribution in [1.82, 2.24) is 0 Å². The summed E-state index contributed by atoms with van der Waals surface area (Å²) in [6.45, 7) is -2.25. The van der Waals surface area contributed by atoms with Gasteiger partial charge in [0.25, 0.3) is 0 Å². The second-order valence-corrected chi connectivity index (χ2v) is 2.61. The normalized spacial score (nSPS) is 14.1. The lowest BCUT2D eigenvalue weighted by Crippen LogP contribution is -2.24. The molecule has 0 saturated heterocycles. The molecule has 0 aromatic carbocycles. The fraction of sp³-hybridized carbons (Fsp3) is 0.833. The predicted molar refractivity (Wildman–Crippen MR) is 39.8 cm³/mol. The van der Waals surface area contributed by atoms with Crippen LogP contribution in [0.3, 0.4) is 0 Å². The van der Waals surface area contributed by atoms with Crippen LogP contribution >= 0.6 is 0 Å². The number of hydrogen-bond acceptors (Lipinski definition) is 2. The molecule has 0 radical (unpaired) electrons. The number of esters is 1. The largest absolute Gasteiger partial charge is 0.481 e. The van der Waals surface area contributed by atoms with Crippen LogP contribution in [0.15, 0.2) is 0 Å². The van der Waals surface area contributed by atoms with Gasteiger partial charge < -0.3 is 17.7 Å². The molecule has 0 fully saturated rings. The molecule has 0 heterocycles. The molecule has 0 amide bonds. The summed E-state index contributed by atoms with van der Waals surface area (Å²) in [7, 11) is 0. The minimum absolute atomic E-state index is 0.121. The van der Waals surface area contributed by atoms with E-state index in [-0.39, 0.29) is 6.61 Å². The molecular formula is C6H11BF3O2-. The third-order valence-corrected chi connectivity index (χ3v) is 1.44. The zero-order valence-electron chi connectivity index (χ0n) is 7.02. The Labute approximate surface area is 69.1 Å². The van der Waals surface area contributed by atoms with E-state index in [2.05, 4.69) is 4.74 Å². The van der Waals surface area contributed by atoms with Crippen molar-refractivity contribution < 1.29 is 22.5 Å². The maximum atomic E-state index is 11.9. The third kappa shape index (κ3) is 4.25. The van der Waals surface area contributed by atoms with Gasteiger partial charge in [-0.25, -0.2) is 0 Å². The van der Waals surface area contributed by atoms with Gasteiger partial charge in [0.2, 0.25) is 0 Å². The van der Waals surface area contributed by atoms with E-state index in [0.29, 0.717) is 0 Å². The molecule has 6 heteroatoms. The number of rotatable bonds is 4. The zero-order valence-corrected chi connectivity index (χ0v) is 7.02. The van der Waals surface area contributed by atoms with E-state index in [1.54, 1.807) is 6.92 Å². The highest BCUT2D eigenvalue weighted by molar-refractivity contribution is 6.60. The Balaban J connectivity index is 3.84. The first kappa shape index (κ1) is 11.3. The van der Waals surface area contributed by atoms with Gasteiger partial charge in [-0.05, 0) is 6.92 Å². The summed E-state index contributed by atoms with van der Waals surface area (Å²) in [5, 5.41) is 0. The Morgan fingerprint density at radius 3 is 2.33 bits per heavy atom. The van der Waals surface area contributed by atoms with Crippen molar-refractivity contribution in [3.05, 3.63) is 0 Å². The second kappa shape index (κ2) is 4.38. The van der Waals surface area contributed by atoms with Crippen LogP contribution in [-0.4, -0.2) is 19.6 Å². The van der Waals surface area contributed by atoms with E-state index < -0.39 is 25.2 Å². The number of halogens is 3. The monoisotopic (exact) mass is 183 g/mol. The van der Waals surface area contributed by atoms with Crippen molar-refractivity contribution in [3.63, 3.8) is 0 Å². The quantitative estimate of drug-likeness (QED) is 0.493. The zero-order chi connectivity index (χ0) is 9.78. The van der Waals surface area contributed by atoms with Gasteiger partial charge in [0.05, 0.1) is 6.61 Å². The maximum absolute atomic E-state index is 11.9. The van der Waals surface area contributed by atoms with Crippen molar-refractivity contribution in [2.75, 3.05) is 6.61 Å². The summed E-state index contributed by atoms with van der Waals surface area (Å²) >= 11 is 0. The number of carbonyl (C=O) groups is 1. The van der Waals surface area contributed by atoms with Gasteiger partial charge in [0, 0.05) is 6.42 Å². The molecule has 72 valence electrons. The summed E-state index contributed by atoms with van der Waals surface area (Å²) in [5.74, 6) is -2.35. The van der Waals surface area contributed by atoms with Crippen LogP contribution in [0.4, 0.5) is 12.9 Å². The minimum Gasteiger partial charge on any atom is -0.466 e. The van der Waals surface area contributed by atoms with Gasteiger partial charge in [-0.2, -0.15) is 0 Å². The van der Waals surface area contributed by atoms with Crippen molar-refractivity contribution >= 4 is 12.9 Å². The van der Waals surface area contributed by atoms with E-state index in [4.69, 9.17) is 0 Å². The van der Waals surface area contributed by atoms with Crippen molar-refractivity contribution in [2.24, 2.45) is 0 Å². The molecule has 2 nitrogen and oxygen atoms in total. The van der Waals surface area contributed by atoms with Crippen molar-refractivity contribution in [2.45, 2.75) is 26.1 Å². The summed E-state index contributed by atoms with van der Waals surface area (Å²) in [6, 6.07) is 0. The molecule has 0 aliphatic rings. The Morgan fingerprint density at radius 2 is 2.00 bits per heavy atom. The highest BCUT2D eigenvalue weighted by Gasteiger charge is 2.32. The standard InChI is InChI=1S/C6H11BF3O2/c1-3-12-6(11)4-5(2)7(8,9)10/h5H,3-4H2,1-2H3/q-1/t5-/m1/s1. The third-order valence-electron chi connectivity index (χ3n) is 1.44. The SMILES string of the molecule is CCOC(=O)C[C@@H](C)[B-](F)(F)F. The molecule has 0 aliphatic carbocycles. The maximum Gasteiger partial charge on any atom is 0.481 e. The lowest BCUT2D eigenvalue weighted by Gasteiger charge is -2.21. The van der Waals surface area contributed by atoms with Crippen molar-refractivity contribution in [1.29, 1.82) is 0 Å². The molecule has 0 aliphatic heterocycles. The fourth-order valence-electron chi connectivity index (χ4n) is 0.616. The van der Waals surface area contributed by atoms with E-state index in [9.17, 15) is 17.7 Å². The van der Waals surface area contributed by atoms with Crippen LogP contribution in [0, 0.1) is 0 Å². The topological polar surface area (TPSA) is 26.3 Å². The summed E-state index contributed by atoms with van der Waals surface area (Å²) in [5.41, 5.74) is 0. The lowest BCUT2D eigenvalue weighted by molar-refractivity contribution is -0.143. The Morgan fingerprint density at radius 1 is 1.50 bits per heavy atom. The van der Waals surface area contributed by atoms with Gasteiger partial charge in [-0.1, -0.05) is 12.7 Å². The molecule has 0 N–H and O–H groups in total. The summed E-state index contributed by atoms with van der Waals surface area (Å²) in [6.07, 6.45) is -0.572. The minimum atomic E-state index is -4.92. The molecular weight excluding hydrogens is 172 g/mol. The van der Waals surface area contributed by atoms with Crippen LogP contribution in [0.1, 0.15) is 20.3 Å². The van der Waals surface area contributed by atoms with Crippen LogP contribution < -0.4 is 0 Å². The van der Waals surface area contributed by atoms with E-state index >= 15 is 0 Å². The Kier molecular flexibility index (Phi) is 4.13. The van der Waals surface area contributed by atoms with Crippen LogP contribution in [0.2, 0.25) is 5.82 Å². The Hall–Kier alpha value is -0.675. The highest BCUT2D eigenvalue weighted by atomic mass is 19.4. The van der Waals surface area contributed by atoms with E-state index in [0.717, 1.165) is 6.92 Å². The molecule has 0 bridgehead atoms. The molecule has 0 aromatic rings. The molecule has 12 heavy (non-hydrogen) atoms. The fourth-order valence-corrected chi connectivity index (χ4v) is 0.616. The highest BCUT2D eigenvalue weighted by Crippen LogP contribution is 2.28. The molecule has 0 unspecified atom stereocenters. The van der Waals surface area contributed by atoms with Crippen molar-refractivity contribution in [3.8, 4) is 0 Å². The first-order valence-corrected chi connectivity index (χ1v) is 3.73. The van der Waals surface area contributed by atoms with Gasteiger partial charge in [-0.15, -0.1) is 0 Å². The number of carbonyl (C=O) groups excluding carboxylic acids is 1. The summed E-state index contributed by atoms with van der Waals surface area (Å²) < 4.78 is 40.1. The van der Waals surface area contributed by atoms with Gasteiger partial charge in [0.15, 0.2) is 0 Å². The molecule has 0 rings (SSSR count). The average molecular weight is 183 g/mol. The van der Waals surface area contributed by atoms with Crippen LogP contribution in [-0.2, 0) is 9.53 Å². The first-order valence-electron chi connectivity index (χ1n) is 3.73. The van der Waals surface area contributed by atoms with E-state index in [1.165, 1.54) is 0 Å².